The molecule has 0 aliphatic carbocycles. The van der Waals surface area contributed by atoms with Crippen LogP contribution in [0.5, 0.6) is 5.75 Å². The molecular formula is C28H21BrN2O2. The third kappa shape index (κ3) is 4.32. The minimum Gasteiger partial charge on any atom is -0.488 e. The van der Waals surface area contributed by atoms with E-state index in [1.807, 2.05) is 79.7 Å². The topological polar surface area (TPSA) is 41.9 Å². The lowest BCUT2D eigenvalue weighted by Crippen LogP contribution is -2.21. The van der Waals surface area contributed by atoms with E-state index in [-0.39, 0.29) is 5.91 Å². The van der Waals surface area contributed by atoms with Gasteiger partial charge in [0.1, 0.15) is 12.4 Å². The van der Waals surface area contributed by atoms with Crippen molar-refractivity contribution in [2.45, 2.75) is 13.5 Å². The predicted octanol–water partition coefficient (Wildman–Crippen LogP) is 6.99. The Kier molecular flexibility index (Phi) is 5.80. The molecule has 0 fully saturated rings. The van der Waals surface area contributed by atoms with Gasteiger partial charge in [-0.1, -0.05) is 66.7 Å². The molecule has 0 bridgehead atoms. The number of rotatable bonds is 5. The largest absolute Gasteiger partial charge is 0.488 e. The molecule has 0 spiro atoms. The Bertz CT molecular complexity index is 1400. The third-order valence-electron chi connectivity index (χ3n) is 5.59. The van der Waals surface area contributed by atoms with Gasteiger partial charge in [-0.05, 0) is 75.1 Å². The van der Waals surface area contributed by atoms with Crippen LogP contribution in [0.2, 0.25) is 0 Å². The van der Waals surface area contributed by atoms with Gasteiger partial charge < -0.3 is 4.74 Å². The number of hydrogen-bond acceptors (Lipinski definition) is 3. The van der Waals surface area contributed by atoms with Crippen LogP contribution >= 0.6 is 15.9 Å². The molecule has 0 N–H and O–H groups in total. The van der Waals surface area contributed by atoms with E-state index in [0.717, 1.165) is 27.0 Å². The molecule has 33 heavy (non-hydrogen) atoms. The van der Waals surface area contributed by atoms with Crippen LogP contribution in [0.25, 0.3) is 16.8 Å². The fourth-order valence-corrected chi connectivity index (χ4v) is 4.40. The lowest BCUT2D eigenvalue weighted by Gasteiger charge is -2.12. The summed E-state index contributed by atoms with van der Waals surface area (Å²) in [6, 6.07) is 29.8. The molecular weight excluding hydrogens is 476 g/mol. The van der Waals surface area contributed by atoms with E-state index < -0.39 is 0 Å². The molecule has 4 aromatic rings. The number of nitrogens with zero attached hydrogens (tertiary/aromatic N) is 2. The average molecular weight is 497 g/mol. The zero-order valence-corrected chi connectivity index (χ0v) is 19.6. The number of para-hydroxylation sites is 1. The van der Waals surface area contributed by atoms with Crippen molar-refractivity contribution in [3.63, 3.8) is 0 Å². The summed E-state index contributed by atoms with van der Waals surface area (Å²) in [4.78, 5) is 12.9. The first-order valence-electron chi connectivity index (χ1n) is 10.7. The summed E-state index contributed by atoms with van der Waals surface area (Å²) in [5.74, 6) is 0.616. The molecule has 0 saturated heterocycles. The molecule has 0 unspecified atom stereocenters. The number of anilines is 1. The number of carbonyl (C=O) groups is 1. The van der Waals surface area contributed by atoms with Gasteiger partial charge in [0, 0.05) is 0 Å². The van der Waals surface area contributed by atoms with Gasteiger partial charge in [0.15, 0.2) is 0 Å². The lowest BCUT2D eigenvalue weighted by atomic mass is 10.1. The maximum absolute atomic E-state index is 12.9. The highest BCUT2D eigenvalue weighted by Gasteiger charge is 2.28. The Hall–Kier alpha value is -3.70. The zero-order chi connectivity index (χ0) is 22.8. The Balaban J connectivity index is 1.34. The molecule has 0 radical (unpaired) electrons. The fourth-order valence-electron chi connectivity index (χ4n) is 3.89. The number of hydrogen-bond donors (Lipinski definition) is 0. The summed E-state index contributed by atoms with van der Waals surface area (Å²) in [5.41, 5.74) is 4.05. The molecule has 1 amide bonds. The first kappa shape index (κ1) is 21.2. The number of ether oxygens (including phenoxy) is 1. The Labute approximate surface area is 200 Å². The molecule has 0 saturated carbocycles. The predicted molar refractivity (Wildman–Crippen MR) is 137 cm³/mol. The van der Waals surface area contributed by atoms with Gasteiger partial charge >= 0.3 is 0 Å². The van der Waals surface area contributed by atoms with Gasteiger partial charge in [0.25, 0.3) is 5.91 Å². The van der Waals surface area contributed by atoms with Gasteiger partial charge in [0.05, 0.1) is 21.4 Å². The van der Waals surface area contributed by atoms with Crippen LogP contribution in [-0.4, -0.2) is 11.6 Å². The number of benzene rings is 4. The summed E-state index contributed by atoms with van der Waals surface area (Å²) in [5, 5.41) is 8.27. The van der Waals surface area contributed by atoms with Gasteiger partial charge in [0.2, 0.25) is 0 Å². The summed E-state index contributed by atoms with van der Waals surface area (Å²) in [6.07, 6.45) is 1.86. The van der Waals surface area contributed by atoms with E-state index in [4.69, 9.17) is 4.74 Å². The summed E-state index contributed by atoms with van der Waals surface area (Å²) >= 11 is 3.62. The normalized spacial score (nSPS) is 14.7. The summed E-state index contributed by atoms with van der Waals surface area (Å²) in [7, 11) is 0. The molecule has 0 aromatic heterocycles. The van der Waals surface area contributed by atoms with E-state index in [0.29, 0.717) is 17.9 Å². The maximum Gasteiger partial charge on any atom is 0.280 e. The second-order valence-electron chi connectivity index (χ2n) is 7.81. The molecule has 1 aliphatic heterocycles. The van der Waals surface area contributed by atoms with Gasteiger partial charge in [-0.15, -0.1) is 0 Å². The highest BCUT2D eigenvalue weighted by molar-refractivity contribution is 9.10. The van der Waals surface area contributed by atoms with E-state index in [9.17, 15) is 4.79 Å². The Morgan fingerprint density at radius 3 is 2.52 bits per heavy atom. The molecule has 4 aromatic carbocycles. The van der Waals surface area contributed by atoms with E-state index in [2.05, 4.69) is 45.3 Å². The average Bonchev–Trinajstić information content (AvgIpc) is 3.12. The maximum atomic E-state index is 12.9. The van der Waals surface area contributed by atoms with Gasteiger partial charge in [-0.25, -0.2) is 0 Å². The molecule has 162 valence electrons. The van der Waals surface area contributed by atoms with Crippen molar-refractivity contribution in [3.8, 4) is 5.75 Å². The monoisotopic (exact) mass is 496 g/mol. The number of hydrazone groups is 1. The van der Waals surface area contributed by atoms with Crippen LogP contribution < -0.4 is 9.75 Å². The quantitative estimate of drug-likeness (QED) is 0.279. The first-order valence-corrected chi connectivity index (χ1v) is 11.5. The molecule has 5 heteroatoms. The third-order valence-corrected chi connectivity index (χ3v) is 6.21. The van der Waals surface area contributed by atoms with Crippen molar-refractivity contribution in [1.82, 2.24) is 0 Å². The van der Waals surface area contributed by atoms with Gasteiger partial charge in [-0.2, -0.15) is 10.1 Å². The van der Waals surface area contributed by atoms with Crippen molar-refractivity contribution in [2.24, 2.45) is 5.10 Å². The first-order chi connectivity index (χ1) is 16.1. The van der Waals surface area contributed by atoms with E-state index in [1.165, 1.54) is 15.8 Å². The highest BCUT2D eigenvalue weighted by Crippen LogP contribution is 2.30. The minimum atomic E-state index is -0.133. The molecule has 4 nitrogen and oxygen atoms in total. The van der Waals surface area contributed by atoms with Crippen LogP contribution in [0, 0.1) is 0 Å². The van der Waals surface area contributed by atoms with Crippen molar-refractivity contribution >= 4 is 50.1 Å². The number of halogens is 1. The van der Waals surface area contributed by atoms with E-state index in [1.54, 1.807) is 0 Å². The van der Waals surface area contributed by atoms with Crippen LogP contribution in [-0.2, 0) is 11.4 Å². The standard InChI is InChI=1S/C28H21BrN2O2/c1-19-25(28(32)31(30-19)23-11-3-2-4-12-23)16-20-14-15-27(26(29)17-20)33-18-22-10-7-9-21-8-5-6-13-24(21)22/h2-17H,18H2,1H3/b25-16+. The highest BCUT2D eigenvalue weighted by atomic mass is 79.9. The molecule has 1 heterocycles. The lowest BCUT2D eigenvalue weighted by molar-refractivity contribution is -0.114. The number of carbonyl (C=O) groups excluding carboxylic acids is 1. The molecule has 1 aliphatic rings. The van der Waals surface area contributed by atoms with Crippen LogP contribution in [0.15, 0.2) is 106 Å². The molecule has 5 rings (SSSR count). The summed E-state index contributed by atoms with van der Waals surface area (Å²) in [6.45, 7) is 2.32. The number of amides is 1. The van der Waals surface area contributed by atoms with Crippen molar-refractivity contribution in [3.05, 3.63) is 112 Å². The summed E-state index contributed by atoms with van der Waals surface area (Å²) < 4.78 is 6.94. The van der Waals surface area contributed by atoms with Crippen LogP contribution in [0.3, 0.4) is 0 Å². The molecule has 0 atom stereocenters. The van der Waals surface area contributed by atoms with Gasteiger partial charge in [-0.3, -0.25) is 4.79 Å². The smallest absolute Gasteiger partial charge is 0.280 e. The zero-order valence-electron chi connectivity index (χ0n) is 18.0. The number of fused-ring (bicyclic) bond motifs is 1. The minimum absolute atomic E-state index is 0.133. The second-order valence-corrected chi connectivity index (χ2v) is 8.67. The Morgan fingerprint density at radius 2 is 1.70 bits per heavy atom. The second kappa shape index (κ2) is 9.04. The SMILES string of the molecule is CC1=NN(c2ccccc2)C(=O)/C1=C/c1ccc(OCc2cccc3ccccc23)c(Br)c1. The fraction of sp³-hybridized carbons (Fsp3) is 0.0714. The Morgan fingerprint density at radius 1 is 0.939 bits per heavy atom. The van der Waals surface area contributed by atoms with Crippen LogP contribution in [0.4, 0.5) is 5.69 Å². The van der Waals surface area contributed by atoms with Crippen molar-refractivity contribution in [1.29, 1.82) is 0 Å². The van der Waals surface area contributed by atoms with E-state index >= 15 is 0 Å². The van der Waals surface area contributed by atoms with Crippen LogP contribution in [0.1, 0.15) is 18.1 Å². The van der Waals surface area contributed by atoms with Crippen molar-refractivity contribution in [2.75, 3.05) is 5.01 Å². The van der Waals surface area contributed by atoms with Crippen molar-refractivity contribution < 1.29 is 9.53 Å².